The van der Waals surface area contributed by atoms with Crippen molar-refractivity contribution in [2.45, 2.75) is 33.3 Å². The zero-order chi connectivity index (χ0) is 21.4. The van der Waals surface area contributed by atoms with Crippen LogP contribution < -0.4 is 14.8 Å². The summed E-state index contributed by atoms with van der Waals surface area (Å²) in [4.78, 5) is 28.6. The van der Waals surface area contributed by atoms with E-state index in [-0.39, 0.29) is 10.7 Å². The van der Waals surface area contributed by atoms with Crippen molar-refractivity contribution in [1.82, 2.24) is 4.98 Å². The highest BCUT2D eigenvalue weighted by Gasteiger charge is 2.21. The molecule has 0 saturated carbocycles. The van der Waals surface area contributed by atoms with E-state index < -0.39 is 18.0 Å². The summed E-state index contributed by atoms with van der Waals surface area (Å²) in [7, 11) is 1.49. The molecule has 1 aromatic heterocycles. The Balaban J connectivity index is 2.00. The summed E-state index contributed by atoms with van der Waals surface area (Å²) in [5, 5.41) is 2.73. The molecule has 1 unspecified atom stereocenters. The number of anilines is 1. The zero-order valence-electron chi connectivity index (χ0n) is 16.9. The Hall–Kier alpha value is -2.80. The summed E-state index contributed by atoms with van der Waals surface area (Å²) >= 11 is 5.92. The molecule has 1 N–H and O–H groups in total. The first-order valence-corrected chi connectivity index (χ1v) is 9.62. The minimum atomic E-state index is -1.04. The summed E-state index contributed by atoms with van der Waals surface area (Å²) in [6.07, 6.45) is 1.37. The zero-order valence-corrected chi connectivity index (χ0v) is 17.7. The molecule has 0 radical (unpaired) electrons. The van der Waals surface area contributed by atoms with Crippen molar-refractivity contribution < 1.29 is 23.8 Å². The molecule has 156 valence electrons. The summed E-state index contributed by atoms with van der Waals surface area (Å²) in [6, 6.07) is 7.98. The number of rotatable bonds is 9. The molecule has 0 fully saturated rings. The number of nitrogens with zero attached hydrogens (tertiary/aromatic N) is 1. The molecule has 1 heterocycles. The van der Waals surface area contributed by atoms with Gasteiger partial charge in [-0.1, -0.05) is 25.4 Å². The maximum Gasteiger partial charge on any atom is 0.339 e. The number of esters is 1. The van der Waals surface area contributed by atoms with Crippen molar-refractivity contribution in [3.8, 4) is 11.5 Å². The van der Waals surface area contributed by atoms with Crippen molar-refractivity contribution >= 4 is 29.2 Å². The van der Waals surface area contributed by atoms with E-state index in [1.54, 1.807) is 24.3 Å². The second kappa shape index (κ2) is 10.7. The van der Waals surface area contributed by atoms with E-state index in [9.17, 15) is 9.59 Å². The van der Waals surface area contributed by atoms with Gasteiger partial charge in [-0.05, 0) is 49.6 Å². The number of nitrogens with one attached hydrogen (secondary N) is 1. The van der Waals surface area contributed by atoms with Gasteiger partial charge in [0.1, 0.15) is 0 Å². The smallest absolute Gasteiger partial charge is 0.339 e. The third-order valence-corrected chi connectivity index (χ3v) is 4.32. The fourth-order valence-corrected chi connectivity index (χ4v) is 2.48. The van der Waals surface area contributed by atoms with E-state index in [2.05, 4.69) is 24.1 Å². The van der Waals surface area contributed by atoms with Gasteiger partial charge >= 0.3 is 5.97 Å². The molecule has 2 aromatic rings. The number of halogens is 1. The van der Waals surface area contributed by atoms with Crippen molar-refractivity contribution in [2.75, 3.05) is 19.0 Å². The Morgan fingerprint density at radius 3 is 2.59 bits per heavy atom. The van der Waals surface area contributed by atoms with Gasteiger partial charge in [-0.15, -0.1) is 0 Å². The van der Waals surface area contributed by atoms with E-state index in [1.165, 1.54) is 26.3 Å². The minimum Gasteiger partial charge on any atom is -0.493 e. The molecule has 0 saturated heterocycles. The van der Waals surface area contributed by atoms with Crippen LogP contribution in [-0.4, -0.2) is 36.7 Å². The quantitative estimate of drug-likeness (QED) is 0.479. The van der Waals surface area contributed by atoms with Gasteiger partial charge in [0.25, 0.3) is 5.91 Å². The Morgan fingerprint density at radius 2 is 1.93 bits per heavy atom. The van der Waals surface area contributed by atoms with Gasteiger partial charge < -0.3 is 19.5 Å². The molecule has 0 aliphatic rings. The number of carbonyl (C=O) groups is 2. The van der Waals surface area contributed by atoms with Gasteiger partial charge in [0, 0.05) is 6.20 Å². The van der Waals surface area contributed by atoms with Crippen LogP contribution in [0.1, 0.15) is 37.6 Å². The number of hydrogen-bond acceptors (Lipinski definition) is 6. The van der Waals surface area contributed by atoms with E-state index in [4.69, 9.17) is 25.8 Å². The minimum absolute atomic E-state index is 0.150. The van der Waals surface area contributed by atoms with Crippen molar-refractivity contribution in [1.29, 1.82) is 0 Å². The topological polar surface area (TPSA) is 86.8 Å². The van der Waals surface area contributed by atoms with Crippen molar-refractivity contribution in [3.05, 3.63) is 47.2 Å². The van der Waals surface area contributed by atoms with E-state index in [0.717, 1.165) is 6.42 Å². The maximum absolute atomic E-state index is 12.4. The predicted octanol–water partition coefficient (Wildman–Crippen LogP) is 4.35. The van der Waals surface area contributed by atoms with Gasteiger partial charge in [0.05, 0.1) is 25.0 Å². The molecule has 2 rings (SSSR count). The van der Waals surface area contributed by atoms with Crippen LogP contribution in [-0.2, 0) is 9.53 Å². The maximum atomic E-state index is 12.4. The first-order chi connectivity index (χ1) is 13.8. The van der Waals surface area contributed by atoms with Crippen LogP contribution in [0.5, 0.6) is 11.5 Å². The van der Waals surface area contributed by atoms with Gasteiger partial charge in [0.2, 0.25) is 0 Å². The molecule has 0 bridgehead atoms. The highest BCUT2D eigenvalue weighted by atomic mass is 35.5. The van der Waals surface area contributed by atoms with Crippen LogP contribution in [0.25, 0.3) is 0 Å². The Morgan fingerprint density at radius 1 is 1.17 bits per heavy atom. The standard InChI is InChI=1S/C21H25ClN2O5/c1-13(2)9-11-28-17-8-7-15(12-18(17)27-4)21(26)29-14(3)20(25)24-16-6-5-10-23-19(16)22/h5-8,10,12-14H,9,11H2,1-4H3,(H,24,25). The number of benzene rings is 1. The fourth-order valence-electron chi connectivity index (χ4n) is 2.31. The van der Waals surface area contributed by atoms with Crippen LogP contribution in [0.15, 0.2) is 36.5 Å². The lowest BCUT2D eigenvalue weighted by atomic mass is 10.1. The molecule has 1 atom stereocenters. The number of pyridine rings is 1. The van der Waals surface area contributed by atoms with Gasteiger partial charge in [-0.2, -0.15) is 0 Å². The fraction of sp³-hybridized carbons (Fsp3) is 0.381. The van der Waals surface area contributed by atoms with Gasteiger partial charge in [-0.25, -0.2) is 9.78 Å². The third kappa shape index (κ3) is 6.64. The first kappa shape index (κ1) is 22.5. The number of carbonyl (C=O) groups excluding carboxylic acids is 2. The number of ether oxygens (including phenoxy) is 3. The third-order valence-electron chi connectivity index (χ3n) is 4.02. The van der Waals surface area contributed by atoms with Crippen LogP contribution in [0.2, 0.25) is 5.15 Å². The summed E-state index contributed by atoms with van der Waals surface area (Å²) in [6.45, 7) is 6.24. The predicted molar refractivity (Wildman–Crippen MR) is 111 cm³/mol. The molecule has 1 aromatic carbocycles. The monoisotopic (exact) mass is 420 g/mol. The first-order valence-electron chi connectivity index (χ1n) is 9.25. The number of amides is 1. The van der Waals surface area contributed by atoms with Crippen LogP contribution in [0.4, 0.5) is 5.69 Å². The number of hydrogen-bond donors (Lipinski definition) is 1. The molecule has 0 aliphatic heterocycles. The summed E-state index contributed by atoms with van der Waals surface area (Å²) < 4.78 is 16.3. The highest BCUT2D eigenvalue weighted by Crippen LogP contribution is 2.29. The molecule has 8 heteroatoms. The van der Waals surface area contributed by atoms with Gasteiger partial charge in [-0.3, -0.25) is 4.79 Å². The lowest BCUT2D eigenvalue weighted by molar-refractivity contribution is -0.123. The van der Waals surface area contributed by atoms with Crippen LogP contribution in [0, 0.1) is 5.92 Å². The Kier molecular flexibility index (Phi) is 8.27. The molecular formula is C21H25ClN2O5. The lowest BCUT2D eigenvalue weighted by Gasteiger charge is -2.15. The van der Waals surface area contributed by atoms with Crippen LogP contribution in [0.3, 0.4) is 0 Å². The second-order valence-corrected chi connectivity index (χ2v) is 7.13. The molecule has 0 spiro atoms. The SMILES string of the molecule is COc1cc(C(=O)OC(C)C(=O)Nc2cccnc2Cl)ccc1OCCC(C)C. The number of methoxy groups -OCH3 is 1. The molecular weight excluding hydrogens is 396 g/mol. The summed E-state index contributed by atoms with van der Waals surface area (Å²) in [5.41, 5.74) is 0.587. The Labute approximate surface area is 175 Å². The van der Waals surface area contributed by atoms with E-state index >= 15 is 0 Å². The number of aromatic nitrogens is 1. The molecule has 0 aliphatic carbocycles. The molecule has 7 nitrogen and oxygen atoms in total. The van der Waals surface area contributed by atoms with Crippen molar-refractivity contribution in [2.24, 2.45) is 5.92 Å². The van der Waals surface area contributed by atoms with E-state index in [0.29, 0.717) is 29.7 Å². The van der Waals surface area contributed by atoms with Crippen molar-refractivity contribution in [3.63, 3.8) is 0 Å². The molecule has 1 amide bonds. The second-order valence-electron chi connectivity index (χ2n) is 6.78. The van der Waals surface area contributed by atoms with Crippen LogP contribution >= 0.6 is 11.6 Å². The average molecular weight is 421 g/mol. The highest BCUT2D eigenvalue weighted by molar-refractivity contribution is 6.32. The summed E-state index contributed by atoms with van der Waals surface area (Å²) in [5.74, 6) is 0.305. The van der Waals surface area contributed by atoms with E-state index in [1.807, 2.05) is 0 Å². The molecule has 29 heavy (non-hydrogen) atoms. The average Bonchev–Trinajstić information content (AvgIpc) is 2.69. The van der Waals surface area contributed by atoms with Gasteiger partial charge in [0.15, 0.2) is 22.8 Å². The lowest BCUT2D eigenvalue weighted by Crippen LogP contribution is -2.30. The normalized spacial score (nSPS) is 11.7. The Bertz CT molecular complexity index is 857. The largest absolute Gasteiger partial charge is 0.493 e.